The van der Waals surface area contributed by atoms with Crippen molar-refractivity contribution in [3.05, 3.63) is 29.8 Å². The molecule has 0 saturated heterocycles. The van der Waals surface area contributed by atoms with Gasteiger partial charge < -0.3 is 15.0 Å². The van der Waals surface area contributed by atoms with Crippen LogP contribution in [-0.4, -0.2) is 43.6 Å². The topological polar surface area (TPSA) is 41.6 Å². The number of rotatable bonds is 8. The molecule has 25 heavy (non-hydrogen) atoms. The normalized spacial score (nSPS) is 16.2. The molecule has 1 saturated carbocycles. The summed E-state index contributed by atoms with van der Waals surface area (Å²) in [6.07, 6.45) is 8.29. The van der Waals surface area contributed by atoms with Crippen LogP contribution in [0, 0.1) is 0 Å². The third-order valence-electron chi connectivity index (χ3n) is 5.19. The lowest BCUT2D eigenvalue weighted by Gasteiger charge is -2.43. The molecule has 0 bridgehead atoms. The molecule has 1 amide bonds. The summed E-state index contributed by atoms with van der Waals surface area (Å²) >= 11 is 0. The van der Waals surface area contributed by atoms with Crippen LogP contribution < -0.4 is 10.1 Å². The number of amides is 1. The molecule has 142 valence electrons. The Hall–Kier alpha value is -1.26. The monoisotopic (exact) mass is 368 g/mol. The van der Waals surface area contributed by atoms with Crippen LogP contribution in [0.25, 0.3) is 0 Å². The standard InChI is InChI=1S/C20H32N2O2.ClH/c1-4-5-15-24-18-11-9-17(10-12-18)19(23)21-16-20(22(2)3)13-7-6-8-14-20;/h9-12H,4-8,13-16H2,1-3H3,(H,21,23);1H. The minimum absolute atomic E-state index is 0. The Labute approximate surface area is 158 Å². The summed E-state index contributed by atoms with van der Waals surface area (Å²) in [5, 5.41) is 3.14. The van der Waals surface area contributed by atoms with Crippen molar-refractivity contribution >= 4 is 18.3 Å². The quantitative estimate of drug-likeness (QED) is 0.696. The van der Waals surface area contributed by atoms with Crippen LogP contribution in [-0.2, 0) is 0 Å². The van der Waals surface area contributed by atoms with Gasteiger partial charge in [0.15, 0.2) is 0 Å². The smallest absolute Gasteiger partial charge is 0.251 e. The van der Waals surface area contributed by atoms with Gasteiger partial charge in [0.25, 0.3) is 5.91 Å². The van der Waals surface area contributed by atoms with Crippen molar-refractivity contribution in [1.29, 1.82) is 0 Å². The third kappa shape index (κ3) is 6.19. The zero-order valence-electron chi connectivity index (χ0n) is 15.8. The fraction of sp³-hybridized carbons (Fsp3) is 0.650. The molecule has 0 atom stereocenters. The van der Waals surface area contributed by atoms with Gasteiger partial charge in [0.1, 0.15) is 5.75 Å². The summed E-state index contributed by atoms with van der Waals surface area (Å²) in [5.74, 6) is 0.832. The van der Waals surface area contributed by atoms with E-state index >= 15 is 0 Å². The van der Waals surface area contributed by atoms with E-state index in [-0.39, 0.29) is 23.9 Å². The predicted octanol–water partition coefficient (Wildman–Crippen LogP) is 4.28. The van der Waals surface area contributed by atoms with Gasteiger partial charge in [0.2, 0.25) is 0 Å². The van der Waals surface area contributed by atoms with Gasteiger partial charge in [-0.15, -0.1) is 12.4 Å². The van der Waals surface area contributed by atoms with Crippen LogP contribution in [0.15, 0.2) is 24.3 Å². The van der Waals surface area contributed by atoms with E-state index < -0.39 is 0 Å². The summed E-state index contributed by atoms with van der Waals surface area (Å²) in [6.45, 7) is 3.59. The Balaban J connectivity index is 0.00000312. The van der Waals surface area contributed by atoms with Crippen molar-refractivity contribution < 1.29 is 9.53 Å². The molecule has 0 aliphatic heterocycles. The molecule has 1 aliphatic rings. The minimum Gasteiger partial charge on any atom is -0.494 e. The van der Waals surface area contributed by atoms with Crippen molar-refractivity contribution in [1.82, 2.24) is 10.2 Å². The van der Waals surface area contributed by atoms with E-state index in [9.17, 15) is 4.79 Å². The number of unbranched alkanes of at least 4 members (excludes halogenated alkanes) is 1. The SMILES string of the molecule is CCCCOc1ccc(C(=O)NCC2(N(C)C)CCCCC2)cc1.Cl. The second-order valence-corrected chi connectivity index (χ2v) is 7.09. The first kappa shape index (κ1) is 21.8. The Morgan fingerprint density at radius 1 is 1.16 bits per heavy atom. The van der Waals surface area contributed by atoms with Crippen molar-refractivity contribution in [3.8, 4) is 5.75 Å². The van der Waals surface area contributed by atoms with Crippen molar-refractivity contribution in [2.75, 3.05) is 27.2 Å². The maximum Gasteiger partial charge on any atom is 0.251 e. The van der Waals surface area contributed by atoms with Gasteiger partial charge in [-0.25, -0.2) is 0 Å². The van der Waals surface area contributed by atoms with Crippen molar-refractivity contribution in [2.24, 2.45) is 0 Å². The average molecular weight is 369 g/mol. The molecule has 1 aromatic rings. The van der Waals surface area contributed by atoms with Crippen LogP contribution in [0.3, 0.4) is 0 Å². The number of halogens is 1. The number of nitrogens with zero attached hydrogens (tertiary/aromatic N) is 1. The summed E-state index contributed by atoms with van der Waals surface area (Å²) in [4.78, 5) is 14.7. The summed E-state index contributed by atoms with van der Waals surface area (Å²) < 4.78 is 5.65. The Bertz CT molecular complexity index is 511. The average Bonchev–Trinajstić information content (AvgIpc) is 2.61. The Morgan fingerprint density at radius 3 is 2.36 bits per heavy atom. The highest BCUT2D eigenvalue weighted by atomic mass is 35.5. The number of likely N-dealkylation sites (N-methyl/N-ethyl adjacent to an activating group) is 1. The fourth-order valence-electron chi connectivity index (χ4n) is 3.38. The Morgan fingerprint density at radius 2 is 1.80 bits per heavy atom. The van der Waals surface area contributed by atoms with E-state index in [1.807, 2.05) is 24.3 Å². The predicted molar refractivity (Wildman–Crippen MR) is 106 cm³/mol. The molecule has 1 N–H and O–H groups in total. The molecule has 4 nitrogen and oxygen atoms in total. The first-order valence-electron chi connectivity index (χ1n) is 9.26. The van der Waals surface area contributed by atoms with Gasteiger partial charge in [-0.3, -0.25) is 4.79 Å². The first-order chi connectivity index (χ1) is 11.6. The van der Waals surface area contributed by atoms with E-state index in [0.717, 1.165) is 38.0 Å². The van der Waals surface area contributed by atoms with E-state index in [1.54, 1.807) is 0 Å². The van der Waals surface area contributed by atoms with Gasteiger partial charge in [-0.05, 0) is 57.6 Å². The van der Waals surface area contributed by atoms with Crippen LogP contribution >= 0.6 is 12.4 Å². The second-order valence-electron chi connectivity index (χ2n) is 7.09. The number of carbonyl (C=O) groups is 1. The minimum atomic E-state index is 0. The zero-order chi connectivity index (χ0) is 17.4. The lowest BCUT2D eigenvalue weighted by atomic mass is 9.80. The molecule has 1 aromatic carbocycles. The highest BCUT2D eigenvalue weighted by Crippen LogP contribution is 2.31. The fourth-order valence-corrected chi connectivity index (χ4v) is 3.38. The van der Waals surface area contributed by atoms with Gasteiger partial charge in [-0.2, -0.15) is 0 Å². The molecule has 1 fully saturated rings. The van der Waals surface area contributed by atoms with Crippen LogP contribution in [0.5, 0.6) is 5.75 Å². The summed E-state index contributed by atoms with van der Waals surface area (Å²) in [7, 11) is 4.25. The van der Waals surface area contributed by atoms with Gasteiger partial charge >= 0.3 is 0 Å². The molecule has 0 unspecified atom stereocenters. The first-order valence-corrected chi connectivity index (χ1v) is 9.26. The van der Waals surface area contributed by atoms with Crippen LogP contribution in [0.1, 0.15) is 62.2 Å². The molecule has 0 heterocycles. The zero-order valence-corrected chi connectivity index (χ0v) is 16.7. The molecular weight excluding hydrogens is 336 g/mol. The number of nitrogens with one attached hydrogen (secondary N) is 1. The highest BCUT2D eigenvalue weighted by molar-refractivity contribution is 5.94. The molecule has 0 spiro atoms. The molecule has 5 heteroatoms. The third-order valence-corrected chi connectivity index (χ3v) is 5.19. The molecule has 0 radical (unpaired) electrons. The molecule has 2 rings (SSSR count). The molecule has 0 aromatic heterocycles. The van der Waals surface area contributed by atoms with E-state index in [4.69, 9.17) is 4.74 Å². The maximum absolute atomic E-state index is 12.5. The van der Waals surface area contributed by atoms with Gasteiger partial charge in [-0.1, -0.05) is 32.6 Å². The highest BCUT2D eigenvalue weighted by Gasteiger charge is 2.34. The number of hydrogen-bond acceptors (Lipinski definition) is 3. The largest absolute Gasteiger partial charge is 0.494 e. The van der Waals surface area contributed by atoms with Crippen LogP contribution in [0.4, 0.5) is 0 Å². The lowest BCUT2D eigenvalue weighted by molar-refractivity contribution is 0.0799. The molecular formula is C20H33ClN2O2. The van der Waals surface area contributed by atoms with Crippen molar-refractivity contribution in [2.45, 2.75) is 57.4 Å². The van der Waals surface area contributed by atoms with Crippen molar-refractivity contribution in [3.63, 3.8) is 0 Å². The molecule has 1 aliphatic carbocycles. The number of benzene rings is 1. The van der Waals surface area contributed by atoms with Crippen LogP contribution in [0.2, 0.25) is 0 Å². The van der Waals surface area contributed by atoms with E-state index in [0.29, 0.717) is 12.1 Å². The second kappa shape index (κ2) is 10.7. The van der Waals surface area contributed by atoms with E-state index in [1.165, 1.54) is 19.3 Å². The van der Waals surface area contributed by atoms with Gasteiger partial charge in [0.05, 0.1) is 6.61 Å². The van der Waals surface area contributed by atoms with E-state index in [2.05, 4.69) is 31.2 Å². The van der Waals surface area contributed by atoms with Gasteiger partial charge in [0, 0.05) is 17.6 Å². The summed E-state index contributed by atoms with van der Waals surface area (Å²) in [6, 6.07) is 7.46. The maximum atomic E-state index is 12.5. The number of ether oxygens (including phenoxy) is 1. The lowest BCUT2D eigenvalue weighted by Crippen LogP contribution is -2.53. The number of hydrogen-bond donors (Lipinski definition) is 1. The Kier molecular flexibility index (Phi) is 9.30. The summed E-state index contributed by atoms with van der Waals surface area (Å²) in [5.41, 5.74) is 0.805. The number of carbonyl (C=O) groups excluding carboxylic acids is 1.